The third-order valence-electron chi connectivity index (χ3n) is 4.80. The van der Waals surface area contributed by atoms with E-state index in [9.17, 15) is 4.79 Å². The van der Waals surface area contributed by atoms with Gasteiger partial charge in [0.25, 0.3) is 5.91 Å². The van der Waals surface area contributed by atoms with Crippen molar-refractivity contribution in [2.75, 3.05) is 32.8 Å². The molecule has 0 aromatic carbocycles. The Bertz CT molecular complexity index is 702. The number of aryl methyl sites for hydroxylation is 1. The first-order valence-corrected chi connectivity index (χ1v) is 9.31. The molecule has 1 atom stereocenters. The third-order valence-corrected chi connectivity index (χ3v) is 4.80. The molecule has 0 aliphatic carbocycles. The summed E-state index contributed by atoms with van der Waals surface area (Å²) in [7, 11) is 1.85. The zero-order valence-electron chi connectivity index (χ0n) is 15.9. The highest BCUT2D eigenvalue weighted by molar-refractivity contribution is 5.97. The number of rotatable bonds is 7. The lowest BCUT2D eigenvalue weighted by Crippen LogP contribution is -2.49. The Balaban J connectivity index is 1.69. The Hall–Kier alpha value is -2.12. The van der Waals surface area contributed by atoms with E-state index in [0.29, 0.717) is 24.1 Å². The van der Waals surface area contributed by atoms with Crippen LogP contribution in [0.1, 0.15) is 30.6 Å². The molecule has 1 saturated heterocycles. The highest BCUT2D eigenvalue weighted by Crippen LogP contribution is 2.16. The lowest BCUT2D eigenvalue weighted by molar-refractivity contribution is 0.0124. The van der Waals surface area contributed by atoms with Crippen molar-refractivity contribution in [3.05, 3.63) is 36.3 Å². The van der Waals surface area contributed by atoms with Crippen LogP contribution in [0.4, 0.5) is 0 Å². The number of carbonyl (C=O) groups excluding carboxylic acids is 1. The van der Waals surface area contributed by atoms with E-state index in [0.717, 1.165) is 38.5 Å². The van der Waals surface area contributed by atoms with Crippen LogP contribution in [0.5, 0.6) is 0 Å². The minimum atomic E-state index is -0.0798. The number of nitrogens with one attached hydrogen (secondary N) is 1. The normalized spacial score (nSPS) is 16.8. The molecule has 1 N–H and O–H groups in total. The predicted molar refractivity (Wildman–Crippen MR) is 101 cm³/mol. The molecule has 2 aromatic heterocycles. The Labute approximate surface area is 154 Å². The fourth-order valence-electron chi connectivity index (χ4n) is 3.53. The molecule has 0 saturated carbocycles. The van der Waals surface area contributed by atoms with E-state index < -0.39 is 0 Å². The molecule has 1 amide bonds. The summed E-state index contributed by atoms with van der Waals surface area (Å²) >= 11 is 0. The van der Waals surface area contributed by atoms with Crippen LogP contribution in [0.15, 0.2) is 30.7 Å². The molecule has 26 heavy (non-hydrogen) atoms. The molecule has 0 spiro atoms. The predicted octanol–water partition coefficient (Wildman–Crippen LogP) is 1.69. The van der Waals surface area contributed by atoms with Gasteiger partial charge in [0.1, 0.15) is 11.4 Å². The molecular formula is C19H29N5O2. The fraction of sp³-hybridized carbons (Fsp3) is 0.579. The molecule has 3 heterocycles. The first-order valence-electron chi connectivity index (χ1n) is 9.31. The summed E-state index contributed by atoms with van der Waals surface area (Å²) in [6.45, 7) is 8.47. The summed E-state index contributed by atoms with van der Waals surface area (Å²) in [6.07, 6.45) is 6.53. The molecule has 0 radical (unpaired) electrons. The Morgan fingerprint density at radius 3 is 2.62 bits per heavy atom. The van der Waals surface area contributed by atoms with Gasteiger partial charge < -0.3 is 14.6 Å². The van der Waals surface area contributed by atoms with Gasteiger partial charge in [-0.3, -0.25) is 14.4 Å². The minimum Gasteiger partial charge on any atom is -0.379 e. The monoisotopic (exact) mass is 359 g/mol. The van der Waals surface area contributed by atoms with Crippen LogP contribution >= 0.6 is 0 Å². The first-order chi connectivity index (χ1) is 12.6. The van der Waals surface area contributed by atoms with E-state index in [1.54, 1.807) is 10.9 Å². The number of ether oxygens (including phenoxy) is 1. The van der Waals surface area contributed by atoms with Crippen LogP contribution in [0.3, 0.4) is 0 Å². The van der Waals surface area contributed by atoms with E-state index in [-0.39, 0.29) is 5.91 Å². The average Bonchev–Trinajstić information content (AvgIpc) is 3.28. The van der Waals surface area contributed by atoms with Gasteiger partial charge >= 0.3 is 0 Å². The van der Waals surface area contributed by atoms with Crippen LogP contribution in [0, 0.1) is 5.92 Å². The zero-order chi connectivity index (χ0) is 18.5. The number of carbonyl (C=O) groups is 1. The number of hydrogen-bond donors (Lipinski definition) is 1. The maximum atomic E-state index is 12.8. The summed E-state index contributed by atoms with van der Waals surface area (Å²) in [5.74, 6) is 1.27. The molecular weight excluding hydrogens is 330 g/mol. The molecule has 0 bridgehead atoms. The molecule has 3 rings (SSSR count). The van der Waals surface area contributed by atoms with Crippen LogP contribution < -0.4 is 5.32 Å². The summed E-state index contributed by atoms with van der Waals surface area (Å²) in [5, 5.41) is 7.40. The van der Waals surface area contributed by atoms with Crippen molar-refractivity contribution in [1.82, 2.24) is 24.6 Å². The quantitative estimate of drug-likeness (QED) is 0.817. The molecule has 7 heteroatoms. The molecule has 1 fully saturated rings. The van der Waals surface area contributed by atoms with Crippen molar-refractivity contribution in [2.24, 2.45) is 13.0 Å². The van der Waals surface area contributed by atoms with Gasteiger partial charge in [0.15, 0.2) is 0 Å². The Morgan fingerprint density at radius 1 is 1.27 bits per heavy atom. The topological polar surface area (TPSA) is 64.3 Å². The summed E-state index contributed by atoms with van der Waals surface area (Å²) in [6, 6.07) is 4.20. The van der Waals surface area contributed by atoms with Gasteiger partial charge in [-0.25, -0.2) is 0 Å². The van der Waals surface area contributed by atoms with Gasteiger partial charge in [0.2, 0.25) is 0 Å². The van der Waals surface area contributed by atoms with Gasteiger partial charge in [-0.2, -0.15) is 5.10 Å². The van der Waals surface area contributed by atoms with Crippen LogP contribution in [-0.4, -0.2) is 64.0 Å². The van der Waals surface area contributed by atoms with E-state index >= 15 is 0 Å². The van der Waals surface area contributed by atoms with Crippen molar-refractivity contribution >= 4 is 5.91 Å². The standard InChI is InChI=1S/C19H29N5O2/c1-15(2)12-16(23-8-10-26-11-9-23)13-20-18(25)17-14-21-22(3)19(17)24-6-4-5-7-24/h4-7,14-16H,8-13H2,1-3H3,(H,20,25)/t16-/m1/s1. The van der Waals surface area contributed by atoms with Crippen molar-refractivity contribution < 1.29 is 9.53 Å². The second kappa shape index (κ2) is 8.51. The number of amides is 1. The average molecular weight is 359 g/mol. The van der Waals surface area contributed by atoms with Crippen molar-refractivity contribution in [2.45, 2.75) is 26.3 Å². The second-order valence-electron chi connectivity index (χ2n) is 7.24. The largest absolute Gasteiger partial charge is 0.379 e. The third kappa shape index (κ3) is 4.34. The van der Waals surface area contributed by atoms with Gasteiger partial charge in [-0.05, 0) is 24.5 Å². The summed E-state index contributed by atoms with van der Waals surface area (Å²) < 4.78 is 9.10. The van der Waals surface area contributed by atoms with Gasteiger partial charge in [-0.15, -0.1) is 0 Å². The van der Waals surface area contributed by atoms with Crippen molar-refractivity contribution in [3.8, 4) is 5.82 Å². The molecule has 0 unspecified atom stereocenters. The number of aromatic nitrogens is 3. The lowest BCUT2D eigenvalue weighted by atomic mass is 10.0. The lowest BCUT2D eigenvalue weighted by Gasteiger charge is -2.35. The van der Waals surface area contributed by atoms with Crippen LogP contribution in [-0.2, 0) is 11.8 Å². The zero-order valence-corrected chi connectivity index (χ0v) is 15.9. The van der Waals surface area contributed by atoms with Gasteiger partial charge in [0.05, 0.1) is 19.4 Å². The van der Waals surface area contributed by atoms with E-state index in [4.69, 9.17) is 4.74 Å². The van der Waals surface area contributed by atoms with Crippen LogP contribution in [0.25, 0.3) is 5.82 Å². The smallest absolute Gasteiger partial charge is 0.256 e. The highest BCUT2D eigenvalue weighted by Gasteiger charge is 2.24. The number of nitrogens with zero attached hydrogens (tertiary/aromatic N) is 4. The fourth-order valence-corrected chi connectivity index (χ4v) is 3.53. The van der Waals surface area contributed by atoms with Crippen LogP contribution in [0.2, 0.25) is 0 Å². The first kappa shape index (κ1) is 18.7. The number of morpholine rings is 1. The number of hydrogen-bond acceptors (Lipinski definition) is 4. The maximum Gasteiger partial charge on any atom is 0.256 e. The van der Waals surface area contributed by atoms with E-state index in [1.807, 2.05) is 36.1 Å². The van der Waals surface area contributed by atoms with E-state index in [1.165, 1.54) is 0 Å². The minimum absolute atomic E-state index is 0.0798. The maximum absolute atomic E-state index is 12.8. The molecule has 2 aromatic rings. The Morgan fingerprint density at radius 2 is 1.96 bits per heavy atom. The van der Waals surface area contributed by atoms with Crippen molar-refractivity contribution in [1.29, 1.82) is 0 Å². The molecule has 1 aliphatic rings. The highest BCUT2D eigenvalue weighted by atomic mass is 16.5. The summed E-state index contributed by atoms with van der Waals surface area (Å²) in [4.78, 5) is 15.3. The second-order valence-corrected chi connectivity index (χ2v) is 7.24. The molecule has 7 nitrogen and oxygen atoms in total. The van der Waals surface area contributed by atoms with Gasteiger partial charge in [0, 0.05) is 45.1 Å². The molecule has 1 aliphatic heterocycles. The van der Waals surface area contributed by atoms with Gasteiger partial charge in [-0.1, -0.05) is 13.8 Å². The molecule has 142 valence electrons. The summed E-state index contributed by atoms with van der Waals surface area (Å²) in [5.41, 5.74) is 0.592. The van der Waals surface area contributed by atoms with Crippen molar-refractivity contribution in [3.63, 3.8) is 0 Å². The Kier molecular flexibility index (Phi) is 6.11. The SMILES string of the molecule is CC(C)C[C@H](CNC(=O)c1cnn(C)c1-n1cccc1)N1CCOCC1. The van der Waals surface area contributed by atoms with E-state index in [2.05, 4.69) is 29.2 Å².